The molecule has 1 aliphatic rings. The molecule has 1 aliphatic heterocycles. The molecule has 1 heterocycles. The van der Waals surface area contributed by atoms with Crippen LogP contribution in [0, 0.1) is 0 Å². The van der Waals surface area contributed by atoms with Gasteiger partial charge in [0.25, 0.3) is 0 Å². The summed E-state index contributed by atoms with van der Waals surface area (Å²) in [6, 6.07) is 6.43. The molecule has 20 heavy (non-hydrogen) atoms. The Labute approximate surface area is 121 Å². The summed E-state index contributed by atoms with van der Waals surface area (Å²) in [6.45, 7) is 7.26. The smallest absolute Gasteiger partial charge is 0.123 e. The molecule has 0 amide bonds. The molecule has 1 aromatic rings. The molecule has 2 rings (SSSR count). The Morgan fingerprint density at radius 1 is 1.35 bits per heavy atom. The lowest BCUT2D eigenvalue weighted by Crippen LogP contribution is -2.24. The molecular weight excluding hydrogens is 254 g/mol. The van der Waals surface area contributed by atoms with E-state index in [2.05, 4.69) is 37.4 Å². The molecule has 0 unspecified atom stereocenters. The Kier molecular flexibility index (Phi) is 5.40. The second-order valence-corrected chi connectivity index (χ2v) is 5.85. The number of benzene rings is 1. The molecule has 0 spiro atoms. The molecule has 0 aromatic heterocycles. The van der Waals surface area contributed by atoms with Crippen LogP contribution in [0.25, 0.3) is 0 Å². The lowest BCUT2D eigenvalue weighted by Gasteiger charge is -2.16. The van der Waals surface area contributed by atoms with Crippen LogP contribution < -0.4 is 10.1 Å². The zero-order valence-electron chi connectivity index (χ0n) is 12.4. The summed E-state index contributed by atoms with van der Waals surface area (Å²) in [5.41, 5.74) is 2.53. The molecule has 0 bridgehead atoms. The van der Waals surface area contributed by atoms with Gasteiger partial charge in [0.15, 0.2) is 0 Å². The van der Waals surface area contributed by atoms with E-state index in [9.17, 15) is 0 Å². The van der Waals surface area contributed by atoms with E-state index in [1.54, 1.807) is 0 Å². The Morgan fingerprint density at radius 2 is 2.20 bits per heavy atom. The van der Waals surface area contributed by atoms with Crippen molar-refractivity contribution in [3.8, 4) is 5.75 Å². The van der Waals surface area contributed by atoms with Gasteiger partial charge in [-0.05, 0) is 44.0 Å². The van der Waals surface area contributed by atoms with Gasteiger partial charge in [-0.15, -0.1) is 0 Å². The minimum atomic E-state index is -0.0710. The highest BCUT2D eigenvalue weighted by molar-refractivity contribution is 5.41. The van der Waals surface area contributed by atoms with Gasteiger partial charge in [0.05, 0.1) is 13.2 Å². The Balaban J connectivity index is 1.70. The Morgan fingerprint density at radius 3 is 3.00 bits per heavy atom. The molecule has 0 fully saturated rings. The molecule has 4 nitrogen and oxygen atoms in total. The zero-order valence-corrected chi connectivity index (χ0v) is 12.4. The maximum absolute atomic E-state index is 8.58. The minimum Gasteiger partial charge on any atom is -0.487 e. The van der Waals surface area contributed by atoms with Gasteiger partial charge in [0.2, 0.25) is 0 Å². The van der Waals surface area contributed by atoms with Crippen LogP contribution in [-0.4, -0.2) is 37.1 Å². The Bertz CT molecular complexity index is 432. The fourth-order valence-corrected chi connectivity index (χ4v) is 2.47. The van der Waals surface area contributed by atoms with E-state index in [1.165, 1.54) is 11.1 Å². The summed E-state index contributed by atoms with van der Waals surface area (Å²) >= 11 is 0. The number of rotatable bonds is 8. The quantitative estimate of drug-likeness (QED) is 0.714. The van der Waals surface area contributed by atoms with E-state index in [4.69, 9.17) is 14.6 Å². The molecule has 2 N–H and O–H groups in total. The fraction of sp³-hybridized carbons (Fsp3) is 0.625. The maximum Gasteiger partial charge on any atom is 0.123 e. The normalized spacial score (nSPS) is 15.9. The molecule has 4 heteroatoms. The van der Waals surface area contributed by atoms with Crippen molar-refractivity contribution in [1.29, 1.82) is 0 Å². The van der Waals surface area contributed by atoms with Gasteiger partial charge in [-0.3, -0.25) is 0 Å². The number of aliphatic hydroxyl groups is 1. The van der Waals surface area contributed by atoms with Crippen molar-refractivity contribution in [2.75, 3.05) is 26.4 Å². The van der Waals surface area contributed by atoms with Gasteiger partial charge in [-0.1, -0.05) is 12.1 Å². The molecule has 0 saturated carbocycles. The summed E-state index contributed by atoms with van der Waals surface area (Å²) in [7, 11) is 0. The number of nitrogens with one attached hydrogen (secondary N) is 1. The monoisotopic (exact) mass is 279 g/mol. The van der Waals surface area contributed by atoms with Crippen LogP contribution in [0.4, 0.5) is 0 Å². The third-order valence-corrected chi connectivity index (χ3v) is 3.33. The van der Waals surface area contributed by atoms with Gasteiger partial charge in [0.1, 0.15) is 11.4 Å². The highest BCUT2D eigenvalue weighted by Crippen LogP contribution is 2.35. The van der Waals surface area contributed by atoms with Gasteiger partial charge < -0.3 is 19.9 Å². The van der Waals surface area contributed by atoms with E-state index < -0.39 is 0 Å². The van der Waals surface area contributed by atoms with E-state index in [1.807, 2.05) is 0 Å². The van der Waals surface area contributed by atoms with Crippen molar-refractivity contribution in [2.24, 2.45) is 0 Å². The number of hydrogen-bond acceptors (Lipinski definition) is 4. The molecule has 112 valence electrons. The van der Waals surface area contributed by atoms with E-state index in [-0.39, 0.29) is 12.2 Å². The first-order valence-corrected chi connectivity index (χ1v) is 7.31. The first kappa shape index (κ1) is 15.3. The predicted octanol–water partition coefficient (Wildman–Crippen LogP) is 1.89. The first-order chi connectivity index (χ1) is 9.61. The van der Waals surface area contributed by atoms with E-state index >= 15 is 0 Å². The van der Waals surface area contributed by atoms with Crippen LogP contribution >= 0.6 is 0 Å². The summed E-state index contributed by atoms with van der Waals surface area (Å²) in [4.78, 5) is 0. The first-order valence-electron chi connectivity index (χ1n) is 7.31. The van der Waals surface area contributed by atoms with E-state index in [0.717, 1.165) is 31.7 Å². The van der Waals surface area contributed by atoms with Crippen molar-refractivity contribution in [3.05, 3.63) is 29.3 Å². The maximum atomic E-state index is 8.58. The Hall–Kier alpha value is -1.10. The third-order valence-electron chi connectivity index (χ3n) is 3.33. The molecule has 0 saturated heterocycles. The second kappa shape index (κ2) is 7.07. The molecular formula is C16H25NO3. The molecule has 1 aromatic carbocycles. The topological polar surface area (TPSA) is 50.7 Å². The highest BCUT2D eigenvalue weighted by Gasteiger charge is 2.29. The molecule has 0 atom stereocenters. The van der Waals surface area contributed by atoms with Crippen molar-refractivity contribution in [2.45, 2.75) is 38.8 Å². The van der Waals surface area contributed by atoms with Crippen LogP contribution in [-0.2, 0) is 17.7 Å². The number of fused-ring (bicyclic) bond motifs is 1. The standard InChI is InChI=1S/C16H25NO3/c1-16(2)11-14-10-13(4-5-15(14)20-16)12-17-6-3-8-19-9-7-18/h4-5,10,17-18H,3,6-9,11-12H2,1-2H3. The van der Waals surface area contributed by atoms with Crippen LogP contribution in [0.15, 0.2) is 18.2 Å². The molecule has 0 radical (unpaired) electrons. The number of aliphatic hydroxyl groups excluding tert-OH is 1. The summed E-state index contributed by atoms with van der Waals surface area (Å²) in [5.74, 6) is 1.02. The SMILES string of the molecule is CC1(C)Cc2cc(CNCCCOCCO)ccc2O1. The van der Waals surface area contributed by atoms with Gasteiger partial charge >= 0.3 is 0 Å². The molecule has 0 aliphatic carbocycles. The number of ether oxygens (including phenoxy) is 2. The van der Waals surface area contributed by atoms with Crippen molar-refractivity contribution < 1.29 is 14.6 Å². The summed E-state index contributed by atoms with van der Waals surface area (Å²) < 4.78 is 11.1. The fourth-order valence-electron chi connectivity index (χ4n) is 2.47. The van der Waals surface area contributed by atoms with Gasteiger partial charge in [0, 0.05) is 19.6 Å². The second-order valence-electron chi connectivity index (χ2n) is 5.85. The zero-order chi connectivity index (χ0) is 14.4. The predicted molar refractivity (Wildman–Crippen MR) is 79.1 cm³/mol. The van der Waals surface area contributed by atoms with Crippen molar-refractivity contribution in [3.63, 3.8) is 0 Å². The van der Waals surface area contributed by atoms with E-state index in [0.29, 0.717) is 13.2 Å². The van der Waals surface area contributed by atoms with Crippen molar-refractivity contribution >= 4 is 0 Å². The average molecular weight is 279 g/mol. The van der Waals surface area contributed by atoms with Crippen LogP contribution in [0.1, 0.15) is 31.4 Å². The number of hydrogen-bond donors (Lipinski definition) is 2. The van der Waals surface area contributed by atoms with Gasteiger partial charge in [-0.25, -0.2) is 0 Å². The van der Waals surface area contributed by atoms with Crippen LogP contribution in [0.5, 0.6) is 5.75 Å². The minimum absolute atomic E-state index is 0.0710. The third kappa shape index (κ3) is 4.47. The lowest BCUT2D eigenvalue weighted by molar-refractivity contribution is 0.0907. The summed E-state index contributed by atoms with van der Waals surface area (Å²) in [5, 5.41) is 12.0. The summed E-state index contributed by atoms with van der Waals surface area (Å²) in [6.07, 6.45) is 1.94. The van der Waals surface area contributed by atoms with Crippen LogP contribution in [0.2, 0.25) is 0 Å². The van der Waals surface area contributed by atoms with Gasteiger partial charge in [-0.2, -0.15) is 0 Å². The van der Waals surface area contributed by atoms with Crippen LogP contribution in [0.3, 0.4) is 0 Å². The lowest BCUT2D eigenvalue weighted by atomic mass is 10.0. The largest absolute Gasteiger partial charge is 0.487 e. The average Bonchev–Trinajstić information content (AvgIpc) is 2.71. The highest BCUT2D eigenvalue weighted by atomic mass is 16.5. The van der Waals surface area contributed by atoms with Crippen molar-refractivity contribution in [1.82, 2.24) is 5.32 Å².